The van der Waals surface area contributed by atoms with Crippen LogP contribution < -0.4 is 4.90 Å². The highest BCUT2D eigenvalue weighted by atomic mass is 127. The minimum absolute atomic E-state index is 0.251. The molecule has 15 heavy (non-hydrogen) atoms. The topological polar surface area (TPSA) is 25.4 Å². The molecule has 0 spiro atoms. The molecule has 0 N–H and O–H groups in total. The Morgan fingerprint density at radius 1 is 1.33 bits per heavy atom. The number of hydrogen-bond acceptors (Lipinski definition) is 3. The van der Waals surface area contributed by atoms with Gasteiger partial charge in [-0.3, -0.25) is 0 Å². The molecule has 0 aromatic carbocycles. The third-order valence-corrected chi connectivity index (χ3v) is 2.98. The Balaban J connectivity index is 2.27. The van der Waals surface area contributed by atoms with E-state index in [-0.39, 0.29) is 3.57 Å². The van der Waals surface area contributed by atoms with E-state index in [2.05, 4.69) is 4.98 Å². The van der Waals surface area contributed by atoms with Gasteiger partial charge >= 0.3 is 0 Å². The molecule has 1 fully saturated rings. The van der Waals surface area contributed by atoms with E-state index >= 15 is 0 Å². The van der Waals surface area contributed by atoms with Gasteiger partial charge in [0.2, 0.25) is 0 Å². The molecule has 2 rings (SSSR count). The Bertz CT molecular complexity index is 346. The van der Waals surface area contributed by atoms with Crippen LogP contribution >= 0.6 is 22.6 Å². The molecule has 0 atom stereocenters. The summed E-state index contributed by atoms with van der Waals surface area (Å²) in [5.41, 5.74) is 0. The van der Waals surface area contributed by atoms with Crippen LogP contribution in [0.5, 0.6) is 0 Å². The predicted octanol–water partition coefficient (Wildman–Crippen LogP) is 1.80. The summed E-state index contributed by atoms with van der Waals surface area (Å²) in [5.74, 6) is -1.45. The minimum atomic E-state index is -1.04. The molecular formula is C9H9F2IN2O. The number of ether oxygens (including phenoxy) is 1. The van der Waals surface area contributed by atoms with Crippen LogP contribution in [-0.4, -0.2) is 31.3 Å². The first-order valence-corrected chi connectivity index (χ1v) is 5.60. The lowest BCUT2D eigenvalue weighted by Gasteiger charge is -2.27. The van der Waals surface area contributed by atoms with Crippen LogP contribution in [-0.2, 0) is 4.74 Å². The van der Waals surface area contributed by atoms with E-state index in [1.165, 1.54) is 0 Å². The standard InChI is InChI=1S/C9H9F2IN2O/c10-8-6(12)5-7(13-9(8)11)14-1-3-15-4-2-14/h5H,1-4H2. The zero-order chi connectivity index (χ0) is 10.8. The molecule has 0 saturated carbocycles. The van der Waals surface area contributed by atoms with Crippen molar-refractivity contribution >= 4 is 28.4 Å². The maximum atomic E-state index is 13.0. The Kier molecular flexibility index (Phi) is 3.35. The average Bonchev–Trinajstić information content (AvgIpc) is 2.26. The molecular weight excluding hydrogens is 317 g/mol. The van der Waals surface area contributed by atoms with Crippen LogP contribution in [0.1, 0.15) is 0 Å². The number of aromatic nitrogens is 1. The maximum absolute atomic E-state index is 13.0. The summed E-state index contributed by atoms with van der Waals surface area (Å²) in [4.78, 5) is 5.46. The first-order valence-electron chi connectivity index (χ1n) is 4.52. The van der Waals surface area contributed by atoms with Crippen molar-refractivity contribution < 1.29 is 13.5 Å². The van der Waals surface area contributed by atoms with Crippen molar-refractivity contribution in [1.82, 2.24) is 4.98 Å². The number of morpholine rings is 1. The van der Waals surface area contributed by atoms with E-state index in [1.807, 2.05) is 4.90 Å². The lowest BCUT2D eigenvalue weighted by Crippen LogP contribution is -2.37. The molecule has 0 amide bonds. The highest BCUT2D eigenvalue weighted by Gasteiger charge is 2.16. The first kappa shape index (κ1) is 11.0. The van der Waals surface area contributed by atoms with E-state index in [0.717, 1.165) is 0 Å². The van der Waals surface area contributed by atoms with Crippen molar-refractivity contribution in [1.29, 1.82) is 0 Å². The smallest absolute Gasteiger partial charge is 0.251 e. The van der Waals surface area contributed by atoms with Gasteiger partial charge in [0.15, 0.2) is 5.82 Å². The minimum Gasteiger partial charge on any atom is -0.378 e. The molecule has 0 unspecified atom stereocenters. The third kappa shape index (κ3) is 2.36. The van der Waals surface area contributed by atoms with Crippen LogP contribution in [0.2, 0.25) is 0 Å². The van der Waals surface area contributed by atoms with E-state index in [9.17, 15) is 8.78 Å². The summed E-state index contributed by atoms with van der Waals surface area (Å²) in [5, 5.41) is 0. The second kappa shape index (κ2) is 4.56. The quantitative estimate of drug-likeness (QED) is 0.581. The van der Waals surface area contributed by atoms with E-state index < -0.39 is 11.8 Å². The molecule has 1 aromatic rings. The molecule has 0 bridgehead atoms. The Morgan fingerprint density at radius 3 is 2.60 bits per heavy atom. The Labute approximate surface area is 99.6 Å². The Hall–Kier alpha value is -0.500. The second-order valence-corrected chi connectivity index (χ2v) is 4.33. The lowest BCUT2D eigenvalue weighted by molar-refractivity contribution is 0.122. The summed E-state index contributed by atoms with van der Waals surface area (Å²) in [7, 11) is 0. The van der Waals surface area contributed by atoms with E-state index in [4.69, 9.17) is 4.74 Å². The van der Waals surface area contributed by atoms with Crippen molar-refractivity contribution in [2.24, 2.45) is 0 Å². The van der Waals surface area contributed by atoms with Gasteiger partial charge in [-0.15, -0.1) is 0 Å². The monoisotopic (exact) mass is 326 g/mol. The molecule has 6 heteroatoms. The van der Waals surface area contributed by atoms with E-state index in [1.54, 1.807) is 28.7 Å². The molecule has 1 aliphatic heterocycles. The number of halogens is 3. The summed E-state index contributed by atoms with van der Waals surface area (Å²) in [6.07, 6.45) is 0. The fourth-order valence-corrected chi connectivity index (χ4v) is 1.91. The molecule has 3 nitrogen and oxygen atoms in total. The number of anilines is 1. The van der Waals surface area contributed by atoms with Gasteiger partial charge in [0.05, 0.1) is 16.8 Å². The fraction of sp³-hybridized carbons (Fsp3) is 0.444. The lowest BCUT2D eigenvalue weighted by atomic mass is 10.3. The molecule has 1 aromatic heterocycles. The molecule has 0 radical (unpaired) electrons. The van der Waals surface area contributed by atoms with Crippen LogP contribution in [0.4, 0.5) is 14.6 Å². The third-order valence-electron chi connectivity index (χ3n) is 2.19. The van der Waals surface area contributed by atoms with Crippen LogP contribution in [0.25, 0.3) is 0 Å². The largest absolute Gasteiger partial charge is 0.378 e. The van der Waals surface area contributed by atoms with Crippen molar-refractivity contribution in [2.75, 3.05) is 31.2 Å². The molecule has 1 saturated heterocycles. The summed E-state index contributed by atoms with van der Waals surface area (Å²) < 4.78 is 31.5. The van der Waals surface area contributed by atoms with Crippen LogP contribution in [0, 0.1) is 15.3 Å². The molecule has 82 valence electrons. The number of nitrogens with zero attached hydrogens (tertiary/aromatic N) is 2. The number of hydrogen-bond donors (Lipinski definition) is 0. The zero-order valence-corrected chi connectivity index (χ0v) is 10.00. The van der Waals surface area contributed by atoms with Gasteiger partial charge in [0, 0.05) is 13.1 Å². The highest BCUT2D eigenvalue weighted by molar-refractivity contribution is 14.1. The zero-order valence-electron chi connectivity index (χ0n) is 7.84. The van der Waals surface area contributed by atoms with Crippen molar-refractivity contribution in [3.8, 4) is 0 Å². The Morgan fingerprint density at radius 2 is 2.00 bits per heavy atom. The van der Waals surface area contributed by atoms with Gasteiger partial charge in [-0.1, -0.05) is 0 Å². The second-order valence-electron chi connectivity index (χ2n) is 3.17. The van der Waals surface area contributed by atoms with Gasteiger partial charge in [0.1, 0.15) is 5.82 Å². The van der Waals surface area contributed by atoms with Crippen molar-refractivity contribution in [2.45, 2.75) is 0 Å². The first-order chi connectivity index (χ1) is 7.18. The average molecular weight is 326 g/mol. The van der Waals surface area contributed by atoms with Gasteiger partial charge in [-0.05, 0) is 28.7 Å². The summed E-state index contributed by atoms with van der Waals surface area (Å²) in [6.45, 7) is 2.51. The normalized spacial score (nSPS) is 16.9. The van der Waals surface area contributed by atoms with Gasteiger partial charge in [-0.25, -0.2) is 4.39 Å². The fourth-order valence-electron chi connectivity index (χ4n) is 1.41. The van der Waals surface area contributed by atoms with Gasteiger partial charge in [0.25, 0.3) is 5.95 Å². The SMILES string of the molecule is Fc1nc(N2CCOCC2)cc(I)c1F. The van der Waals surface area contributed by atoms with Gasteiger partial charge < -0.3 is 9.64 Å². The van der Waals surface area contributed by atoms with Gasteiger partial charge in [-0.2, -0.15) is 9.37 Å². The molecule has 0 aliphatic carbocycles. The summed E-state index contributed by atoms with van der Waals surface area (Å²) in [6, 6.07) is 1.55. The summed E-state index contributed by atoms with van der Waals surface area (Å²) >= 11 is 1.76. The van der Waals surface area contributed by atoms with Crippen molar-refractivity contribution in [3.05, 3.63) is 21.4 Å². The number of rotatable bonds is 1. The molecule has 2 heterocycles. The van der Waals surface area contributed by atoms with Crippen molar-refractivity contribution in [3.63, 3.8) is 0 Å². The van der Waals surface area contributed by atoms with E-state index in [0.29, 0.717) is 32.1 Å². The predicted molar refractivity (Wildman–Crippen MR) is 59.9 cm³/mol. The van der Waals surface area contributed by atoms with Crippen LogP contribution in [0.3, 0.4) is 0 Å². The highest BCUT2D eigenvalue weighted by Crippen LogP contribution is 2.20. The molecule has 1 aliphatic rings. The van der Waals surface area contributed by atoms with Crippen LogP contribution in [0.15, 0.2) is 6.07 Å². The number of pyridine rings is 1. The maximum Gasteiger partial charge on any atom is 0.251 e.